The van der Waals surface area contributed by atoms with E-state index in [9.17, 15) is 10.1 Å². The number of rotatable bonds is 7. The minimum absolute atomic E-state index is 0.0455. The second-order valence-electron chi connectivity index (χ2n) is 4.40. The van der Waals surface area contributed by atoms with Gasteiger partial charge in [0.25, 0.3) is 5.69 Å². The van der Waals surface area contributed by atoms with Crippen LogP contribution in [0.3, 0.4) is 0 Å². The number of hydrogen-bond acceptors (Lipinski definition) is 7. The first kappa shape index (κ1) is 15.0. The van der Waals surface area contributed by atoms with Crippen molar-refractivity contribution in [3.63, 3.8) is 0 Å². The molecule has 0 radical (unpaired) electrons. The first-order valence-corrected chi connectivity index (χ1v) is 6.36. The molecule has 0 bridgehead atoms. The van der Waals surface area contributed by atoms with Gasteiger partial charge in [-0.25, -0.2) is 0 Å². The smallest absolute Gasteiger partial charge is 0.269 e. The number of aryl methyl sites for hydroxylation is 1. The maximum Gasteiger partial charge on any atom is 0.269 e. The molecule has 0 aliphatic carbocycles. The van der Waals surface area contributed by atoms with Gasteiger partial charge in [0.1, 0.15) is 0 Å². The van der Waals surface area contributed by atoms with Crippen molar-refractivity contribution in [2.75, 3.05) is 20.3 Å². The van der Waals surface area contributed by atoms with Crippen LogP contribution in [0.15, 0.2) is 18.2 Å². The molecule has 0 fully saturated rings. The Bertz CT molecular complexity index is 627. The molecule has 112 valence electrons. The fraction of sp³-hybridized carbons (Fsp3) is 0.417. The van der Waals surface area contributed by atoms with Gasteiger partial charge >= 0.3 is 0 Å². The number of benzene rings is 1. The Morgan fingerprint density at radius 3 is 2.95 bits per heavy atom. The molecule has 1 heterocycles. The maximum absolute atomic E-state index is 10.8. The zero-order valence-electron chi connectivity index (χ0n) is 11.8. The van der Waals surface area contributed by atoms with Crippen molar-refractivity contribution in [3.8, 4) is 5.69 Å². The van der Waals surface area contributed by atoms with Gasteiger partial charge in [-0.15, -0.1) is 5.10 Å². The molecule has 21 heavy (non-hydrogen) atoms. The Morgan fingerprint density at radius 1 is 1.48 bits per heavy atom. The third-order valence-electron chi connectivity index (χ3n) is 2.92. The van der Waals surface area contributed by atoms with Gasteiger partial charge in [-0.3, -0.25) is 10.1 Å². The van der Waals surface area contributed by atoms with Crippen molar-refractivity contribution in [2.45, 2.75) is 13.5 Å². The molecule has 9 nitrogen and oxygen atoms in total. The van der Waals surface area contributed by atoms with Crippen LogP contribution in [0.4, 0.5) is 5.69 Å². The van der Waals surface area contributed by atoms with Gasteiger partial charge in [-0.1, -0.05) is 0 Å². The van der Waals surface area contributed by atoms with Crippen LogP contribution in [0, 0.1) is 17.0 Å². The van der Waals surface area contributed by atoms with E-state index in [0.29, 0.717) is 31.2 Å². The van der Waals surface area contributed by atoms with E-state index in [2.05, 4.69) is 20.8 Å². The SMILES string of the molecule is COCCNCc1nnnn1-c1ccc([N+](=O)[O-])cc1C. The van der Waals surface area contributed by atoms with Crippen molar-refractivity contribution >= 4 is 5.69 Å². The van der Waals surface area contributed by atoms with Crippen LogP contribution in [-0.2, 0) is 11.3 Å². The third kappa shape index (κ3) is 3.58. The molecule has 2 aromatic rings. The first-order chi connectivity index (χ1) is 10.1. The highest BCUT2D eigenvalue weighted by atomic mass is 16.6. The van der Waals surface area contributed by atoms with Gasteiger partial charge in [0, 0.05) is 25.8 Å². The molecule has 0 saturated heterocycles. The van der Waals surface area contributed by atoms with Crippen molar-refractivity contribution in [1.82, 2.24) is 25.5 Å². The first-order valence-electron chi connectivity index (χ1n) is 6.36. The number of nitrogens with one attached hydrogen (secondary N) is 1. The molecule has 0 aliphatic heterocycles. The van der Waals surface area contributed by atoms with E-state index in [4.69, 9.17) is 4.74 Å². The number of tetrazole rings is 1. The summed E-state index contributed by atoms with van der Waals surface area (Å²) in [5.41, 5.74) is 1.49. The number of aromatic nitrogens is 4. The summed E-state index contributed by atoms with van der Waals surface area (Å²) in [5.74, 6) is 0.628. The number of nitro groups is 1. The van der Waals surface area contributed by atoms with E-state index >= 15 is 0 Å². The van der Waals surface area contributed by atoms with Gasteiger partial charge in [0.2, 0.25) is 0 Å². The van der Waals surface area contributed by atoms with Crippen LogP contribution < -0.4 is 5.32 Å². The molecule has 0 atom stereocenters. The van der Waals surface area contributed by atoms with Crippen molar-refractivity contribution in [1.29, 1.82) is 0 Å². The molecule has 0 amide bonds. The number of non-ortho nitro benzene ring substituents is 1. The molecule has 1 aromatic heterocycles. The largest absolute Gasteiger partial charge is 0.383 e. The summed E-state index contributed by atoms with van der Waals surface area (Å²) in [6.07, 6.45) is 0. The van der Waals surface area contributed by atoms with Gasteiger partial charge in [-0.2, -0.15) is 4.68 Å². The molecule has 0 spiro atoms. The summed E-state index contributed by atoms with van der Waals surface area (Å²) in [5, 5.41) is 25.5. The zero-order valence-corrected chi connectivity index (χ0v) is 11.8. The van der Waals surface area contributed by atoms with Crippen LogP contribution in [0.25, 0.3) is 5.69 Å². The number of nitrogens with zero attached hydrogens (tertiary/aromatic N) is 5. The van der Waals surface area contributed by atoms with Crippen LogP contribution in [0.1, 0.15) is 11.4 Å². The Kier molecular flexibility index (Phi) is 4.90. The Labute approximate surface area is 121 Å². The van der Waals surface area contributed by atoms with Gasteiger partial charge in [0.05, 0.1) is 23.8 Å². The average Bonchev–Trinajstić information content (AvgIpc) is 2.91. The minimum Gasteiger partial charge on any atom is -0.383 e. The highest BCUT2D eigenvalue weighted by Crippen LogP contribution is 2.20. The van der Waals surface area contributed by atoms with Crippen LogP contribution >= 0.6 is 0 Å². The van der Waals surface area contributed by atoms with E-state index in [1.54, 1.807) is 24.8 Å². The second kappa shape index (κ2) is 6.86. The molecule has 0 unspecified atom stereocenters. The average molecular weight is 292 g/mol. The normalized spacial score (nSPS) is 10.8. The summed E-state index contributed by atoms with van der Waals surface area (Å²) < 4.78 is 6.51. The van der Waals surface area contributed by atoms with E-state index in [-0.39, 0.29) is 5.69 Å². The number of nitro benzene ring substituents is 1. The Balaban J connectivity index is 2.19. The predicted molar refractivity (Wildman–Crippen MR) is 74.1 cm³/mol. The minimum atomic E-state index is -0.427. The molecule has 9 heteroatoms. The van der Waals surface area contributed by atoms with Crippen molar-refractivity contribution < 1.29 is 9.66 Å². The molecular formula is C12H16N6O3. The summed E-state index contributed by atoms with van der Waals surface area (Å²) in [4.78, 5) is 10.3. The van der Waals surface area contributed by atoms with Crippen LogP contribution in [0.5, 0.6) is 0 Å². The lowest BCUT2D eigenvalue weighted by molar-refractivity contribution is -0.384. The molecule has 0 saturated carbocycles. The highest BCUT2D eigenvalue weighted by molar-refractivity contribution is 5.47. The van der Waals surface area contributed by atoms with Crippen LogP contribution in [0.2, 0.25) is 0 Å². The van der Waals surface area contributed by atoms with Gasteiger partial charge < -0.3 is 10.1 Å². The lowest BCUT2D eigenvalue weighted by atomic mass is 10.2. The Hall–Kier alpha value is -2.39. The molecule has 1 N–H and O–H groups in total. The molecular weight excluding hydrogens is 276 g/mol. The standard InChI is InChI=1S/C12H16N6O3/c1-9-7-10(18(19)20)3-4-11(9)17-12(14-15-16-17)8-13-5-6-21-2/h3-4,7,13H,5-6,8H2,1-2H3. The second-order valence-corrected chi connectivity index (χ2v) is 4.40. The van der Waals surface area contributed by atoms with E-state index < -0.39 is 4.92 Å². The van der Waals surface area contributed by atoms with Gasteiger partial charge in [-0.05, 0) is 29.0 Å². The Morgan fingerprint density at radius 2 is 2.29 bits per heavy atom. The van der Waals surface area contributed by atoms with Crippen LogP contribution in [-0.4, -0.2) is 45.4 Å². The van der Waals surface area contributed by atoms with Crippen molar-refractivity contribution in [2.24, 2.45) is 0 Å². The van der Waals surface area contributed by atoms with Crippen molar-refractivity contribution in [3.05, 3.63) is 39.7 Å². The fourth-order valence-corrected chi connectivity index (χ4v) is 1.87. The highest BCUT2D eigenvalue weighted by Gasteiger charge is 2.13. The number of hydrogen-bond donors (Lipinski definition) is 1. The van der Waals surface area contributed by atoms with E-state index in [1.165, 1.54) is 12.1 Å². The number of ether oxygens (including phenoxy) is 1. The molecule has 0 aliphatic rings. The predicted octanol–water partition coefficient (Wildman–Crippen LogP) is 0.615. The quantitative estimate of drug-likeness (QED) is 0.452. The lowest BCUT2D eigenvalue weighted by Gasteiger charge is -2.08. The van der Waals surface area contributed by atoms with Gasteiger partial charge in [0.15, 0.2) is 5.82 Å². The fourth-order valence-electron chi connectivity index (χ4n) is 1.87. The topological polar surface area (TPSA) is 108 Å². The summed E-state index contributed by atoms with van der Waals surface area (Å²) in [7, 11) is 1.63. The number of methoxy groups -OCH3 is 1. The van der Waals surface area contributed by atoms with E-state index in [0.717, 1.165) is 5.56 Å². The summed E-state index contributed by atoms with van der Waals surface area (Å²) >= 11 is 0. The summed E-state index contributed by atoms with van der Waals surface area (Å²) in [6, 6.07) is 4.58. The molecule has 2 rings (SSSR count). The lowest BCUT2D eigenvalue weighted by Crippen LogP contribution is -2.21. The molecule has 1 aromatic carbocycles. The zero-order chi connectivity index (χ0) is 15.2. The maximum atomic E-state index is 10.8. The monoisotopic (exact) mass is 292 g/mol. The summed E-state index contributed by atoms with van der Waals surface area (Å²) in [6.45, 7) is 3.54. The van der Waals surface area contributed by atoms with E-state index in [1.807, 2.05) is 0 Å². The third-order valence-corrected chi connectivity index (χ3v) is 2.92.